The zero-order valence-electron chi connectivity index (χ0n) is 12.6. The van der Waals surface area contributed by atoms with Gasteiger partial charge < -0.3 is 15.4 Å². The van der Waals surface area contributed by atoms with E-state index in [2.05, 4.69) is 17.1 Å². The van der Waals surface area contributed by atoms with Gasteiger partial charge in [-0.2, -0.15) is 0 Å². The van der Waals surface area contributed by atoms with Crippen molar-refractivity contribution in [1.29, 1.82) is 0 Å². The number of amides is 1. The first-order valence-corrected chi connectivity index (χ1v) is 7.34. The highest BCUT2D eigenvalue weighted by Crippen LogP contribution is 2.22. The number of methoxy groups -OCH3 is 1. The summed E-state index contributed by atoms with van der Waals surface area (Å²) < 4.78 is 5.28. The first kappa shape index (κ1) is 14.4. The fourth-order valence-electron chi connectivity index (χ4n) is 2.80. The van der Waals surface area contributed by atoms with Crippen molar-refractivity contribution in [3.8, 4) is 5.75 Å². The number of carbonyl (C=O) groups is 1. The van der Waals surface area contributed by atoms with Gasteiger partial charge in [-0.1, -0.05) is 6.07 Å². The SMILES string of the molecule is COc1ccc2c(c1)CCN(C(=O)c1ccnc(N)c1)CC2. The average molecular weight is 297 g/mol. The van der Waals surface area contributed by atoms with Crippen LogP contribution < -0.4 is 10.5 Å². The van der Waals surface area contributed by atoms with Gasteiger partial charge in [-0.25, -0.2) is 4.98 Å². The van der Waals surface area contributed by atoms with Gasteiger partial charge in [-0.05, 0) is 48.2 Å². The number of carbonyl (C=O) groups excluding carboxylic acids is 1. The van der Waals surface area contributed by atoms with E-state index in [1.54, 1.807) is 25.4 Å². The third-order valence-electron chi connectivity index (χ3n) is 4.03. The lowest BCUT2D eigenvalue weighted by Gasteiger charge is -2.20. The van der Waals surface area contributed by atoms with Gasteiger partial charge in [0.05, 0.1) is 7.11 Å². The number of rotatable bonds is 2. The van der Waals surface area contributed by atoms with E-state index >= 15 is 0 Å². The minimum Gasteiger partial charge on any atom is -0.497 e. The van der Waals surface area contributed by atoms with Crippen LogP contribution in [0.1, 0.15) is 21.5 Å². The molecule has 0 radical (unpaired) electrons. The van der Waals surface area contributed by atoms with Gasteiger partial charge in [-0.3, -0.25) is 4.79 Å². The lowest BCUT2D eigenvalue weighted by Crippen LogP contribution is -2.33. The Hall–Kier alpha value is -2.56. The van der Waals surface area contributed by atoms with E-state index in [0.29, 0.717) is 24.5 Å². The molecular weight excluding hydrogens is 278 g/mol. The summed E-state index contributed by atoms with van der Waals surface area (Å²) in [5.74, 6) is 1.24. The molecule has 0 aliphatic carbocycles. The molecular formula is C17H19N3O2. The molecule has 1 aromatic heterocycles. The Labute approximate surface area is 129 Å². The molecule has 2 heterocycles. The molecule has 1 aliphatic heterocycles. The highest BCUT2D eigenvalue weighted by Gasteiger charge is 2.20. The van der Waals surface area contributed by atoms with Crippen molar-refractivity contribution in [3.05, 3.63) is 53.2 Å². The lowest BCUT2D eigenvalue weighted by atomic mass is 10.0. The van der Waals surface area contributed by atoms with E-state index in [0.717, 1.165) is 18.6 Å². The maximum Gasteiger partial charge on any atom is 0.254 e. The summed E-state index contributed by atoms with van der Waals surface area (Å²) in [5, 5.41) is 0. The van der Waals surface area contributed by atoms with E-state index in [1.165, 1.54) is 11.1 Å². The molecule has 2 aromatic rings. The molecule has 0 saturated heterocycles. The highest BCUT2D eigenvalue weighted by molar-refractivity contribution is 5.94. The molecule has 0 fully saturated rings. The van der Waals surface area contributed by atoms with Crippen LogP contribution in [0, 0.1) is 0 Å². The minimum absolute atomic E-state index is 0.00821. The average Bonchev–Trinajstić information content (AvgIpc) is 2.76. The van der Waals surface area contributed by atoms with Crippen molar-refractivity contribution in [1.82, 2.24) is 9.88 Å². The summed E-state index contributed by atoms with van der Waals surface area (Å²) in [5.41, 5.74) is 8.79. The second kappa shape index (κ2) is 6.05. The highest BCUT2D eigenvalue weighted by atomic mass is 16.5. The largest absolute Gasteiger partial charge is 0.497 e. The van der Waals surface area contributed by atoms with Gasteiger partial charge in [0.15, 0.2) is 0 Å². The van der Waals surface area contributed by atoms with Gasteiger partial charge in [0.25, 0.3) is 5.91 Å². The number of pyridine rings is 1. The summed E-state index contributed by atoms with van der Waals surface area (Å²) in [6.45, 7) is 1.40. The zero-order valence-corrected chi connectivity index (χ0v) is 12.6. The van der Waals surface area contributed by atoms with Crippen LogP contribution in [0.4, 0.5) is 5.82 Å². The summed E-state index contributed by atoms with van der Waals surface area (Å²) in [6, 6.07) is 9.46. The number of nitrogens with two attached hydrogens (primary N) is 1. The first-order valence-electron chi connectivity index (χ1n) is 7.34. The Bertz CT molecular complexity index is 700. The molecule has 5 heteroatoms. The smallest absolute Gasteiger partial charge is 0.254 e. The number of anilines is 1. The molecule has 0 saturated carbocycles. The number of nitrogen functional groups attached to an aromatic ring is 1. The number of hydrogen-bond acceptors (Lipinski definition) is 4. The summed E-state index contributed by atoms with van der Waals surface area (Å²) in [6.07, 6.45) is 3.25. The Morgan fingerprint density at radius 1 is 1.18 bits per heavy atom. The van der Waals surface area contributed by atoms with Crippen LogP contribution in [0.25, 0.3) is 0 Å². The maximum absolute atomic E-state index is 12.6. The van der Waals surface area contributed by atoms with E-state index < -0.39 is 0 Å². The second-order valence-electron chi connectivity index (χ2n) is 5.40. The Kier molecular flexibility index (Phi) is 3.96. The van der Waals surface area contributed by atoms with Crippen LogP contribution in [0.3, 0.4) is 0 Å². The van der Waals surface area contributed by atoms with Crippen LogP contribution in [0.15, 0.2) is 36.5 Å². The van der Waals surface area contributed by atoms with Crippen molar-refractivity contribution in [2.24, 2.45) is 0 Å². The van der Waals surface area contributed by atoms with E-state index in [1.807, 2.05) is 11.0 Å². The Morgan fingerprint density at radius 3 is 2.68 bits per heavy atom. The molecule has 114 valence electrons. The van der Waals surface area contributed by atoms with Gasteiger partial charge >= 0.3 is 0 Å². The van der Waals surface area contributed by atoms with E-state index in [4.69, 9.17) is 10.5 Å². The molecule has 0 unspecified atom stereocenters. The van der Waals surface area contributed by atoms with Crippen molar-refractivity contribution >= 4 is 11.7 Å². The predicted octanol–water partition coefficient (Wildman–Crippen LogP) is 1.91. The molecule has 22 heavy (non-hydrogen) atoms. The van der Waals surface area contributed by atoms with Crippen molar-refractivity contribution in [2.45, 2.75) is 12.8 Å². The minimum atomic E-state index is 0.00821. The zero-order chi connectivity index (χ0) is 15.5. The molecule has 3 rings (SSSR count). The molecule has 5 nitrogen and oxygen atoms in total. The lowest BCUT2D eigenvalue weighted by molar-refractivity contribution is 0.0763. The molecule has 2 N–H and O–H groups in total. The Balaban J connectivity index is 1.78. The van der Waals surface area contributed by atoms with Gasteiger partial charge in [0.1, 0.15) is 11.6 Å². The number of fused-ring (bicyclic) bond motifs is 1. The second-order valence-corrected chi connectivity index (χ2v) is 5.40. The number of ether oxygens (including phenoxy) is 1. The van der Waals surface area contributed by atoms with Crippen LogP contribution in [-0.2, 0) is 12.8 Å². The van der Waals surface area contributed by atoms with Gasteiger partial charge in [0, 0.05) is 24.8 Å². The van der Waals surface area contributed by atoms with Crippen molar-refractivity contribution < 1.29 is 9.53 Å². The molecule has 0 bridgehead atoms. The Morgan fingerprint density at radius 2 is 1.95 bits per heavy atom. The van der Waals surface area contributed by atoms with E-state index in [-0.39, 0.29) is 5.91 Å². The summed E-state index contributed by atoms with van der Waals surface area (Å²) in [4.78, 5) is 18.4. The summed E-state index contributed by atoms with van der Waals surface area (Å²) in [7, 11) is 1.67. The third-order valence-corrected chi connectivity index (χ3v) is 4.03. The standard InChI is InChI=1S/C17H19N3O2/c1-22-15-3-2-12-5-8-20(9-6-13(12)10-15)17(21)14-4-7-19-16(18)11-14/h2-4,7,10-11H,5-6,8-9H2,1H3,(H2,18,19). The number of benzene rings is 1. The molecule has 1 amide bonds. The molecule has 1 aromatic carbocycles. The van der Waals surface area contributed by atoms with Gasteiger partial charge in [0.2, 0.25) is 0 Å². The molecule has 0 atom stereocenters. The van der Waals surface area contributed by atoms with Crippen molar-refractivity contribution in [2.75, 3.05) is 25.9 Å². The molecule has 0 spiro atoms. The van der Waals surface area contributed by atoms with Crippen molar-refractivity contribution in [3.63, 3.8) is 0 Å². The van der Waals surface area contributed by atoms with Crippen LogP contribution >= 0.6 is 0 Å². The van der Waals surface area contributed by atoms with Crippen LogP contribution in [0.5, 0.6) is 5.75 Å². The normalized spacial score (nSPS) is 14.1. The van der Waals surface area contributed by atoms with E-state index in [9.17, 15) is 4.79 Å². The topological polar surface area (TPSA) is 68.5 Å². The molecule has 1 aliphatic rings. The van der Waals surface area contributed by atoms with Gasteiger partial charge in [-0.15, -0.1) is 0 Å². The predicted molar refractivity (Wildman–Crippen MR) is 85.0 cm³/mol. The van der Waals surface area contributed by atoms with Crippen LogP contribution in [0.2, 0.25) is 0 Å². The summed E-state index contributed by atoms with van der Waals surface area (Å²) >= 11 is 0. The third kappa shape index (κ3) is 2.88. The van der Waals surface area contributed by atoms with Crippen LogP contribution in [-0.4, -0.2) is 36.0 Å². The number of aromatic nitrogens is 1. The maximum atomic E-state index is 12.6. The number of hydrogen-bond donors (Lipinski definition) is 1. The quantitative estimate of drug-likeness (QED) is 0.919. The first-order chi connectivity index (χ1) is 10.7. The fourth-order valence-corrected chi connectivity index (χ4v) is 2.80. The monoisotopic (exact) mass is 297 g/mol. The fraction of sp³-hybridized carbons (Fsp3) is 0.294. The number of nitrogens with zero attached hydrogens (tertiary/aromatic N) is 2.